The predicted octanol–water partition coefficient (Wildman–Crippen LogP) is 3.92. The lowest BCUT2D eigenvalue weighted by Crippen LogP contribution is -2.02. The Labute approximate surface area is 148 Å². The van der Waals surface area contributed by atoms with Crippen LogP contribution >= 0.6 is 11.6 Å². The van der Waals surface area contributed by atoms with Crippen molar-refractivity contribution in [2.75, 3.05) is 24.9 Å². The average Bonchev–Trinajstić information content (AvgIpc) is 2.63. The van der Waals surface area contributed by atoms with Crippen LogP contribution in [0.15, 0.2) is 36.4 Å². The molecule has 0 atom stereocenters. The topological polar surface area (TPSA) is 69.2 Å². The van der Waals surface area contributed by atoms with Gasteiger partial charge in [-0.05, 0) is 42.0 Å². The zero-order chi connectivity index (χ0) is 17.6. The summed E-state index contributed by atoms with van der Waals surface area (Å²) in [4.78, 5) is 0. The Bertz CT molecular complexity index is 861. The van der Waals surface area contributed by atoms with Crippen molar-refractivity contribution in [3.63, 3.8) is 0 Å². The minimum atomic E-state index is -0.309. The van der Waals surface area contributed by atoms with Crippen molar-refractivity contribution in [2.45, 2.75) is 6.42 Å². The van der Waals surface area contributed by atoms with Gasteiger partial charge in [0.25, 0.3) is 0 Å². The second-order valence-corrected chi connectivity index (χ2v) is 5.56. The molecule has 0 aliphatic carbocycles. The second-order valence-electron chi connectivity index (χ2n) is 5.18. The molecule has 1 heterocycles. The van der Waals surface area contributed by atoms with Crippen molar-refractivity contribution >= 4 is 34.0 Å². The zero-order valence-electron chi connectivity index (χ0n) is 13.5. The van der Waals surface area contributed by atoms with Gasteiger partial charge in [-0.3, -0.25) is 0 Å². The quantitative estimate of drug-likeness (QED) is 0.507. The maximum absolute atomic E-state index is 13.0. The number of alkyl halides is 1. The second kappa shape index (κ2) is 7.94. The lowest BCUT2D eigenvalue weighted by molar-refractivity contribution is 0.295. The molecule has 3 rings (SSSR count). The molecule has 0 saturated carbocycles. The van der Waals surface area contributed by atoms with Crippen LogP contribution in [0.4, 0.5) is 15.9 Å². The summed E-state index contributed by atoms with van der Waals surface area (Å²) in [5, 5.41) is 15.6. The molecule has 0 saturated heterocycles. The Balaban J connectivity index is 1.95. The number of halogens is 2. The third-order valence-electron chi connectivity index (χ3n) is 3.48. The van der Waals surface area contributed by atoms with Gasteiger partial charge in [-0.25, -0.2) is 4.39 Å². The maximum Gasteiger partial charge on any atom is 0.164 e. The molecule has 0 spiro atoms. The molecule has 0 radical (unpaired) electrons. The zero-order valence-corrected chi connectivity index (χ0v) is 14.3. The van der Waals surface area contributed by atoms with Gasteiger partial charge >= 0.3 is 0 Å². The molecule has 0 bridgehead atoms. The Morgan fingerprint density at radius 2 is 1.92 bits per heavy atom. The molecule has 1 N–H and O–H groups in total. The van der Waals surface area contributed by atoms with E-state index in [1.165, 1.54) is 12.1 Å². The molecule has 6 nitrogen and oxygen atoms in total. The number of hydrogen-bond donors (Lipinski definition) is 1. The van der Waals surface area contributed by atoms with Crippen molar-refractivity contribution < 1.29 is 13.9 Å². The third kappa shape index (κ3) is 4.06. The highest BCUT2D eigenvalue weighted by Gasteiger charge is 2.12. The van der Waals surface area contributed by atoms with E-state index in [2.05, 4.69) is 20.7 Å². The van der Waals surface area contributed by atoms with Gasteiger partial charge in [-0.15, -0.1) is 21.8 Å². The van der Waals surface area contributed by atoms with E-state index < -0.39 is 0 Å². The fourth-order valence-corrected chi connectivity index (χ4v) is 2.37. The number of aromatic nitrogens is 3. The van der Waals surface area contributed by atoms with Gasteiger partial charge < -0.3 is 14.8 Å². The number of anilines is 2. The molecule has 1 aromatic heterocycles. The van der Waals surface area contributed by atoms with E-state index in [1.807, 2.05) is 0 Å². The summed E-state index contributed by atoms with van der Waals surface area (Å²) in [6, 6.07) is 9.48. The lowest BCUT2D eigenvalue weighted by atomic mass is 10.2. The molecule has 3 aromatic rings. The van der Waals surface area contributed by atoms with E-state index in [4.69, 9.17) is 21.1 Å². The van der Waals surface area contributed by atoms with Crippen LogP contribution in [0.5, 0.6) is 11.5 Å². The number of nitrogens with zero attached hydrogens (tertiary/aromatic N) is 3. The monoisotopic (exact) mass is 362 g/mol. The molecule has 0 aliphatic heterocycles. The van der Waals surface area contributed by atoms with Crippen molar-refractivity contribution in [2.24, 2.45) is 0 Å². The van der Waals surface area contributed by atoms with E-state index in [1.54, 1.807) is 31.4 Å². The Hall–Kier alpha value is -2.67. The first-order valence-corrected chi connectivity index (χ1v) is 8.17. The number of fused-ring (bicyclic) bond motifs is 1. The Kier molecular flexibility index (Phi) is 5.45. The number of methoxy groups -OCH3 is 1. The number of rotatable bonds is 7. The molecule has 25 heavy (non-hydrogen) atoms. The first-order valence-electron chi connectivity index (χ1n) is 7.63. The van der Waals surface area contributed by atoms with Crippen molar-refractivity contribution in [3.8, 4) is 11.5 Å². The lowest BCUT2D eigenvalue weighted by Gasteiger charge is -2.13. The summed E-state index contributed by atoms with van der Waals surface area (Å²) in [5.41, 5.74) is 1.28. The van der Waals surface area contributed by atoms with Crippen LogP contribution in [0, 0.1) is 5.82 Å². The fraction of sp³-hybridized carbons (Fsp3) is 0.235. The highest BCUT2D eigenvalue weighted by Crippen LogP contribution is 2.34. The summed E-state index contributed by atoms with van der Waals surface area (Å²) < 4.78 is 24.1. The molecular formula is C17H16ClFN4O2. The summed E-state index contributed by atoms with van der Waals surface area (Å²) in [6.07, 6.45) is 0.724. The van der Waals surface area contributed by atoms with Gasteiger partial charge in [-0.2, -0.15) is 0 Å². The molecule has 0 unspecified atom stereocenters. The van der Waals surface area contributed by atoms with Crippen LogP contribution in [0.3, 0.4) is 0 Å². The van der Waals surface area contributed by atoms with Gasteiger partial charge in [0.05, 0.1) is 19.1 Å². The van der Waals surface area contributed by atoms with Crippen LogP contribution in [0.1, 0.15) is 6.42 Å². The number of hydrogen-bond acceptors (Lipinski definition) is 6. The van der Waals surface area contributed by atoms with E-state index >= 15 is 0 Å². The van der Waals surface area contributed by atoms with Gasteiger partial charge in [0, 0.05) is 17.6 Å². The Morgan fingerprint density at radius 3 is 2.64 bits per heavy atom. The highest BCUT2D eigenvalue weighted by atomic mass is 35.5. The summed E-state index contributed by atoms with van der Waals surface area (Å²) in [7, 11) is 1.56. The molecule has 130 valence electrons. The van der Waals surface area contributed by atoms with Crippen molar-refractivity contribution in [1.29, 1.82) is 0 Å². The van der Waals surface area contributed by atoms with Crippen LogP contribution in [0.25, 0.3) is 10.9 Å². The number of nitrogens with one attached hydrogen (secondary N) is 1. The maximum atomic E-state index is 13.0. The minimum absolute atomic E-state index is 0.309. The predicted molar refractivity (Wildman–Crippen MR) is 94.4 cm³/mol. The fourth-order valence-electron chi connectivity index (χ4n) is 2.26. The minimum Gasteiger partial charge on any atom is -0.493 e. The van der Waals surface area contributed by atoms with Crippen molar-refractivity contribution in [1.82, 2.24) is 15.4 Å². The Morgan fingerprint density at radius 1 is 1.12 bits per heavy atom. The molecular weight excluding hydrogens is 347 g/mol. The van der Waals surface area contributed by atoms with Gasteiger partial charge in [-0.1, -0.05) is 0 Å². The van der Waals surface area contributed by atoms with Crippen LogP contribution in [-0.4, -0.2) is 35.0 Å². The summed E-state index contributed by atoms with van der Waals surface area (Å²) in [6.45, 7) is 0.477. The van der Waals surface area contributed by atoms with Crippen LogP contribution < -0.4 is 14.8 Å². The van der Waals surface area contributed by atoms with E-state index in [9.17, 15) is 4.39 Å². The number of ether oxygens (including phenoxy) is 2. The molecule has 2 aromatic carbocycles. The SMILES string of the molecule is COc1cc2c(Nc3ccc(F)cc3)nnnc2cc1OCCCCl. The molecule has 0 fully saturated rings. The highest BCUT2D eigenvalue weighted by molar-refractivity contribution is 6.17. The van der Waals surface area contributed by atoms with E-state index in [0.717, 1.165) is 6.42 Å². The summed E-state index contributed by atoms with van der Waals surface area (Å²) >= 11 is 5.67. The van der Waals surface area contributed by atoms with Gasteiger partial charge in [0.2, 0.25) is 0 Å². The molecule has 8 heteroatoms. The van der Waals surface area contributed by atoms with Crippen molar-refractivity contribution in [3.05, 3.63) is 42.2 Å². The van der Waals surface area contributed by atoms with Gasteiger partial charge in [0.1, 0.15) is 11.3 Å². The molecule has 0 amide bonds. The first-order chi connectivity index (χ1) is 12.2. The van der Waals surface area contributed by atoms with Gasteiger partial charge in [0.15, 0.2) is 17.3 Å². The molecule has 0 aliphatic rings. The third-order valence-corrected chi connectivity index (χ3v) is 3.74. The summed E-state index contributed by atoms with van der Waals surface area (Å²) in [5.74, 6) is 1.82. The van der Waals surface area contributed by atoms with Crippen LogP contribution in [0.2, 0.25) is 0 Å². The smallest absolute Gasteiger partial charge is 0.164 e. The average molecular weight is 363 g/mol. The van der Waals surface area contributed by atoms with E-state index in [0.29, 0.717) is 46.4 Å². The standard InChI is InChI=1S/C17H16ClFN4O2/c1-24-15-9-13-14(10-16(15)25-8-2-7-18)21-23-22-17(13)20-12-5-3-11(19)4-6-12/h3-6,9-10H,2,7-8H2,1H3,(H,20,21,22). The number of benzene rings is 2. The normalized spacial score (nSPS) is 10.7. The van der Waals surface area contributed by atoms with E-state index in [-0.39, 0.29) is 5.82 Å². The van der Waals surface area contributed by atoms with Crippen LogP contribution in [-0.2, 0) is 0 Å². The first kappa shape index (κ1) is 17.2. The largest absolute Gasteiger partial charge is 0.493 e.